The van der Waals surface area contributed by atoms with Gasteiger partial charge < -0.3 is 4.74 Å². The molecule has 1 heteroatoms. The molecule has 0 radical (unpaired) electrons. The second kappa shape index (κ2) is 5.56. The summed E-state index contributed by atoms with van der Waals surface area (Å²) in [6.07, 6.45) is 4.13. The Morgan fingerprint density at radius 1 is 0.947 bits per heavy atom. The van der Waals surface area contributed by atoms with Crippen molar-refractivity contribution in [1.82, 2.24) is 0 Å². The Labute approximate surface area is 118 Å². The van der Waals surface area contributed by atoms with E-state index in [1.165, 1.54) is 24.8 Å². The van der Waals surface area contributed by atoms with Gasteiger partial charge in [0.2, 0.25) is 0 Å². The van der Waals surface area contributed by atoms with Crippen molar-refractivity contribution < 1.29 is 4.74 Å². The Hall–Kier alpha value is -0.980. The molecule has 1 saturated carbocycles. The Morgan fingerprint density at radius 2 is 1.53 bits per heavy atom. The molecule has 0 aliphatic heterocycles. The molecular weight excluding hydrogens is 232 g/mol. The maximum atomic E-state index is 6.35. The molecule has 1 aromatic carbocycles. The fraction of sp³-hybridized carbons (Fsp3) is 0.667. The van der Waals surface area contributed by atoms with Gasteiger partial charge in [-0.1, -0.05) is 52.8 Å². The summed E-state index contributed by atoms with van der Waals surface area (Å²) >= 11 is 0. The minimum absolute atomic E-state index is 0.141. The highest BCUT2D eigenvalue weighted by Gasteiger charge is 2.27. The van der Waals surface area contributed by atoms with E-state index < -0.39 is 0 Å². The van der Waals surface area contributed by atoms with Crippen LogP contribution in [-0.2, 0) is 5.41 Å². The Bertz CT molecular complexity index is 406. The first-order valence-electron chi connectivity index (χ1n) is 7.62. The van der Waals surface area contributed by atoms with E-state index in [2.05, 4.69) is 58.9 Å². The van der Waals surface area contributed by atoms with Crippen molar-refractivity contribution in [3.05, 3.63) is 29.8 Å². The van der Waals surface area contributed by atoms with Crippen LogP contribution in [0.25, 0.3) is 0 Å². The van der Waals surface area contributed by atoms with Crippen LogP contribution < -0.4 is 4.74 Å². The van der Waals surface area contributed by atoms with Crippen LogP contribution in [0.4, 0.5) is 0 Å². The summed E-state index contributed by atoms with van der Waals surface area (Å²) < 4.78 is 6.35. The fourth-order valence-corrected chi connectivity index (χ4v) is 3.34. The van der Waals surface area contributed by atoms with Gasteiger partial charge in [0.1, 0.15) is 5.75 Å². The lowest BCUT2D eigenvalue weighted by molar-refractivity contribution is 0.0991. The average Bonchev–Trinajstić information content (AvgIpc) is 2.26. The summed E-state index contributed by atoms with van der Waals surface area (Å²) in [4.78, 5) is 0. The third kappa shape index (κ3) is 3.75. The monoisotopic (exact) mass is 260 g/mol. The highest BCUT2D eigenvalue weighted by molar-refractivity contribution is 5.38. The molecule has 19 heavy (non-hydrogen) atoms. The van der Waals surface area contributed by atoms with Gasteiger partial charge in [0.15, 0.2) is 0 Å². The molecule has 1 aliphatic rings. The van der Waals surface area contributed by atoms with Gasteiger partial charge >= 0.3 is 0 Å². The van der Waals surface area contributed by atoms with E-state index in [4.69, 9.17) is 4.74 Å². The molecule has 2 rings (SSSR count). The molecule has 0 saturated heterocycles. The van der Waals surface area contributed by atoms with E-state index in [0.717, 1.165) is 17.6 Å². The van der Waals surface area contributed by atoms with Crippen LogP contribution in [0.3, 0.4) is 0 Å². The zero-order valence-corrected chi connectivity index (χ0v) is 13.1. The van der Waals surface area contributed by atoms with E-state index in [-0.39, 0.29) is 5.41 Å². The van der Waals surface area contributed by atoms with Gasteiger partial charge in [0, 0.05) is 0 Å². The van der Waals surface area contributed by atoms with Crippen LogP contribution in [0, 0.1) is 11.8 Å². The molecule has 0 N–H and O–H groups in total. The summed E-state index contributed by atoms with van der Waals surface area (Å²) in [5.41, 5.74) is 1.46. The lowest BCUT2D eigenvalue weighted by atomic mass is 9.81. The molecule has 0 bridgehead atoms. The summed E-state index contributed by atoms with van der Waals surface area (Å²) in [5.74, 6) is 2.66. The molecule has 0 heterocycles. The van der Waals surface area contributed by atoms with E-state index in [1.54, 1.807) is 0 Å². The van der Waals surface area contributed by atoms with Crippen molar-refractivity contribution in [2.45, 2.75) is 65.4 Å². The molecule has 0 aromatic heterocycles. The first kappa shape index (κ1) is 14.4. The number of hydrogen-bond acceptors (Lipinski definition) is 1. The average molecular weight is 260 g/mol. The van der Waals surface area contributed by atoms with Crippen LogP contribution in [0.5, 0.6) is 5.75 Å². The molecule has 1 nitrogen and oxygen atoms in total. The summed E-state index contributed by atoms with van der Waals surface area (Å²) in [5, 5.41) is 0. The first-order chi connectivity index (χ1) is 8.86. The predicted octanol–water partition coefficient (Wildman–Crippen LogP) is 5.19. The second-order valence-corrected chi connectivity index (χ2v) is 7.40. The highest BCUT2D eigenvalue weighted by atomic mass is 16.5. The first-order valence-corrected chi connectivity index (χ1v) is 7.62. The van der Waals surface area contributed by atoms with Gasteiger partial charge in [-0.25, -0.2) is 0 Å². The normalized spacial score (nSPS) is 28.2. The SMILES string of the molecule is CC1CC(C)CC(Oc2ccccc2C(C)(C)C)C1. The predicted molar refractivity (Wildman–Crippen MR) is 81.7 cm³/mol. The summed E-state index contributed by atoms with van der Waals surface area (Å²) in [6, 6.07) is 8.52. The molecule has 0 amide bonds. The Kier molecular flexibility index (Phi) is 4.23. The topological polar surface area (TPSA) is 9.23 Å². The van der Waals surface area contributed by atoms with Crippen LogP contribution in [-0.4, -0.2) is 6.10 Å². The number of para-hydroxylation sites is 1. The second-order valence-electron chi connectivity index (χ2n) is 7.40. The molecule has 2 atom stereocenters. The molecule has 1 aromatic rings. The van der Waals surface area contributed by atoms with E-state index in [0.29, 0.717) is 6.10 Å². The van der Waals surface area contributed by atoms with Crippen molar-refractivity contribution >= 4 is 0 Å². The smallest absolute Gasteiger partial charge is 0.123 e. The van der Waals surface area contributed by atoms with E-state index in [1.807, 2.05) is 0 Å². The van der Waals surface area contributed by atoms with Crippen molar-refractivity contribution in [3.8, 4) is 5.75 Å². The fourth-order valence-electron chi connectivity index (χ4n) is 3.34. The lowest BCUT2D eigenvalue weighted by Gasteiger charge is -2.33. The Morgan fingerprint density at radius 3 is 2.11 bits per heavy atom. The highest BCUT2D eigenvalue weighted by Crippen LogP contribution is 2.35. The minimum Gasteiger partial charge on any atom is -0.490 e. The number of rotatable bonds is 2. The zero-order chi connectivity index (χ0) is 14.0. The largest absolute Gasteiger partial charge is 0.490 e. The Balaban J connectivity index is 2.15. The summed E-state index contributed by atoms with van der Waals surface area (Å²) in [7, 11) is 0. The van der Waals surface area contributed by atoms with Gasteiger partial charge in [-0.05, 0) is 48.1 Å². The lowest BCUT2D eigenvalue weighted by Crippen LogP contribution is -2.29. The minimum atomic E-state index is 0.141. The maximum Gasteiger partial charge on any atom is 0.123 e. The summed E-state index contributed by atoms with van der Waals surface area (Å²) in [6.45, 7) is 11.5. The van der Waals surface area contributed by atoms with Crippen molar-refractivity contribution in [2.75, 3.05) is 0 Å². The van der Waals surface area contributed by atoms with Crippen molar-refractivity contribution in [1.29, 1.82) is 0 Å². The molecule has 106 valence electrons. The van der Waals surface area contributed by atoms with Gasteiger partial charge in [-0.3, -0.25) is 0 Å². The third-order valence-corrected chi connectivity index (χ3v) is 4.12. The van der Waals surface area contributed by atoms with Gasteiger partial charge in [-0.15, -0.1) is 0 Å². The number of hydrogen-bond donors (Lipinski definition) is 0. The molecular formula is C18H28O. The molecule has 1 aliphatic carbocycles. The van der Waals surface area contributed by atoms with Crippen LogP contribution in [0.2, 0.25) is 0 Å². The van der Waals surface area contributed by atoms with Crippen molar-refractivity contribution in [2.24, 2.45) is 11.8 Å². The van der Waals surface area contributed by atoms with E-state index in [9.17, 15) is 0 Å². The van der Waals surface area contributed by atoms with Crippen LogP contribution in [0.1, 0.15) is 59.4 Å². The number of ether oxygens (including phenoxy) is 1. The van der Waals surface area contributed by atoms with Gasteiger partial charge in [-0.2, -0.15) is 0 Å². The van der Waals surface area contributed by atoms with Crippen LogP contribution >= 0.6 is 0 Å². The maximum absolute atomic E-state index is 6.35. The van der Waals surface area contributed by atoms with Crippen molar-refractivity contribution in [3.63, 3.8) is 0 Å². The third-order valence-electron chi connectivity index (χ3n) is 4.12. The molecule has 1 fully saturated rings. The van der Waals surface area contributed by atoms with Gasteiger partial charge in [0.05, 0.1) is 6.10 Å². The number of benzene rings is 1. The molecule has 2 unspecified atom stereocenters. The zero-order valence-electron chi connectivity index (χ0n) is 13.1. The van der Waals surface area contributed by atoms with E-state index >= 15 is 0 Å². The van der Waals surface area contributed by atoms with Gasteiger partial charge in [0.25, 0.3) is 0 Å². The van der Waals surface area contributed by atoms with Crippen LogP contribution in [0.15, 0.2) is 24.3 Å². The molecule has 0 spiro atoms. The standard InChI is InChI=1S/C18H28O/c1-13-10-14(2)12-15(11-13)19-17-9-7-6-8-16(17)18(3,4)5/h6-9,13-15H,10-12H2,1-5H3. The quantitative estimate of drug-likeness (QED) is 0.711.